The predicted molar refractivity (Wildman–Crippen MR) is 122 cm³/mol. The molecule has 0 fully saturated rings. The van der Waals surface area contributed by atoms with Crippen molar-refractivity contribution in [3.8, 4) is 0 Å². The zero-order chi connectivity index (χ0) is 20.4. The molecule has 0 saturated heterocycles. The van der Waals surface area contributed by atoms with Crippen LogP contribution < -0.4 is 0 Å². The highest BCUT2D eigenvalue weighted by Gasteiger charge is 2.20. The monoisotopic (exact) mass is 403 g/mol. The van der Waals surface area contributed by atoms with E-state index in [-0.39, 0.29) is 6.42 Å². The van der Waals surface area contributed by atoms with Gasteiger partial charge in [-0.15, -0.1) is 11.8 Å². The van der Waals surface area contributed by atoms with Crippen LogP contribution in [0.15, 0.2) is 65.6 Å². The van der Waals surface area contributed by atoms with Crippen LogP contribution in [0.3, 0.4) is 0 Å². The third-order valence-corrected chi connectivity index (χ3v) is 6.60. The van der Waals surface area contributed by atoms with Crippen LogP contribution in [0, 0.1) is 6.92 Å². The number of carbonyl (C=O) groups is 1. The van der Waals surface area contributed by atoms with Crippen LogP contribution in [0.5, 0.6) is 0 Å². The van der Waals surface area contributed by atoms with E-state index in [0.29, 0.717) is 0 Å². The molecule has 0 aliphatic carbocycles. The number of carboxylic acids is 1. The number of nitrogens with zero attached hydrogens (tertiary/aromatic N) is 1. The van der Waals surface area contributed by atoms with Crippen molar-refractivity contribution in [3.63, 3.8) is 0 Å². The van der Waals surface area contributed by atoms with Gasteiger partial charge in [0.2, 0.25) is 0 Å². The highest BCUT2D eigenvalue weighted by atomic mass is 32.2. The van der Waals surface area contributed by atoms with E-state index in [2.05, 4.69) is 73.0 Å². The zero-order valence-electron chi connectivity index (χ0n) is 16.8. The standard InChI is InChI=1S/C25H25NO2S/c1-3-13-29-25-19(15-22(27)28)14-17(2)23-20-11-7-8-12-21(20)26(24(23)25)16-18-9-5-4-6-10-18/h4-12,14H,3,13,15-16H2,1-2H3,(H,27,28). The first kappa shape index (κ1) is 19.6. The summed E-state index contributed by atoms with van der Waals surface area (Å²) in [5.41, 5.74) is 5.66. The fraction of sp³-hybridized carbons (Fsp3) is 0.240. The van der Waals surface area contributed by atoms with E-state index in [1.165, 1.54) is 27.4 Å². The summed E-state index contributed by atoms with van der Waals surface area (Å²) < 4.78 is 2.37. The van der Waals surface area contributed by atoms with Gasteiger partial charge in [-0.2, -0.15) is 0 Å². The molecule has 0 unspecified atom stereocenters. The Morgan fingerprint density at radius 1 is 1.07 bits per heavy atom. The van der Waals surface area contributed by atoms with Crippen molar-refractivity contribution in [1.29, 1.82) is 0 Å². The van der Waals surface area contributed by atoms with Gasteiger partial charge in [-0.25, -0.2) is 0 Å². The molecular weight excluding hydrogens is 378 g/mol. The Labute approximate surface area is 175 Å². The van der Waals surface area contributed by atoms with Gasteiger partial charge in [0.05, 0.1) is 11.9 Å². The second kappa shape index (κ2) is 8.34. The normalized spacial score (nSPS) is 11.4. The number of aromatic nitrogens is 1. The lowest BCUT2D eigenvalue weighted by Crippen LogP contribution is -2.06. The van der Waals surface area contributed by atoms with Crippen LogP contribution in [0.1, 0.15) is 30.0 Å². The van der Waals surface area contributed by atoms with Crippen molar-refractivity contribution in [1.82, 2.24) is 4.57 Å². The van der Waals surface area contributed by atoms with Crippen LogP contribution in [-0.4, -0.2) is 21.4 Å². The number of hydrogen-bond acceptors (Lipinski definition) is 2. The molecule has 0 aliphatic heterocycles. The maximum absolute atomic E-state index is 11.6. The summed E-state index contributed by atoms with van der Waals surface area (Å²) in [5, 5.41) is 12.0. The first-order valence-electron chi connectivity index (χ1n) is 10.0. The van der Waals surface area contributed by atoms with Gasteiger partial charge < -0.3 is 9.67 Å². The topological polar surface area (TPSA) is 42.2 Å². The first-order valence-corrected chi connectivity index (χ1v) is 11.0. The van der Waals surface area contributed by atoms with Crippen LogP contribution in [-0.2, 0) is 17.8 Å². The molecule has 0 bridgehead atoms. The van der Waals surface area contributed by atoms with Crippen molar-refractivity contribution in [3.05, 3.63) is 77.4 Å². The fourth-order valence-electron chi connectivity index (χ4n) is 4.08. The Balaban J connectivity index is 2.06. The van der Waals surface area contributed by atoms with E-state index in [9.17, 15) is 9.90 Å². The van der Waals surface area contributed by atoms with E-state index < -0.39 is 5.97 Å². The van der Waals surface area contributed by atoms with E-state index in [1.807, 2.05) is 6.07 Å². The third kappa shape index (κ3) is 3.77. The van der Waals surface area contributed by atoms with Crippen molar-refractivity contribution in [2.45, 2.75) is 38.1 Å². The first-order chi connectivity index (χ1) is 14.1. The Morgan fingerprint density at radius 3 is 2.52 bits per heavy atom. The maximum atomic E-state index is 11.6. The lowest BCUT2D eigenvalue weighted by atomic mass is 10.0. The molecule has 4 heteroatoms. The van der Waals surface area contributed by atoms with Gasteiger partial charge in [-0.3, -0.25) is 4.79 Å². The molecular formula is C25H25NO2S. The van der Waals surface area contributed by atoms with Crippen molar-refractivity contribution in [2.75, 3.05) is 5.75 Å². The van der Waals surface area contributed by atoms with Crippen LogP contribution in [0.4, 0.5) is 0 Å². The van der Waals surface area contributed by atoms with Crippen molar-refractivity contribution < 1.29 is 9.90 Å². The van der Waals surface area contributed by atoms with Crippen molar-refractivity contribution >= 4 is 39.5 Å². The number of rotatable bonds is 7. The van der Waals surface area contributed by atoms with Gasteiger partial charge in [-0.1, -0.05) is 61.5 Å². The van der Waals surface area contributed by atoms with Gasteiger partial charge in [0.1, 0.15) is 0 Å². The number of thioether (sulfide) groups is 1. The average Bonchev–Trinajstić information content (AvgIpc) is 3.03. The summed E-state index contributed by atoms with van der Waals surface area (Å²) in [6.45, 7) is 5.02. The summed E-state index contributed by atoms with van der Waals surface area (Å²) in [6.07, 6.45) is 1.10. The van der Waals surface area contributed by atoms with Gasteiger partial charge in [0.15, 0.2) is 0 Å². The molecule has 3 aromatic carbocycles. The highest BCUT2D eigenvalue weighted by Crippen LogP contribution is 2.40. The largest absolute Gasteiger partial charge is 0.481 e. The molecule has 3 nitrogen and oxygen atoms in total. The fourth-order valence-corrected chi connectivity index (χ4v) is 5.15. The van der Waals surface area contributed by atoms with Crippen LogP contribution in [0.2, 0.25) is 0 Å². The zero-order valence-corrected chi connectivity index (χ0v) is 17.6. The second-order valence-electron chi connectivity index (χ2n) is 7.41. The quantitative estimate of drug-likeness (QED) is 0.369. The number of benzene rings is 3. The van der Waals surface area contributed by atoms with E-state index in [0.717, 1.165) is 34.7 Å². The minimum absolute atomic E-state index is 0.0513. The molecule has 4 aromatic rings. The lowest BCUT2D eigenvalue weighted by Gasteiger charge is -2.15. The van der Waals surface area contributed by atoms with E-state index in [1.54, 1.807) is 11.8 Å². The molecule has 0 saturated carbocycles. The van der Waals surface area contributed by atoms with Crippen LogP contribution >= 0.6 is 11.8 Å². The molecule has 1 heterocycles. The third-order valence-electron chi connectivity index (χ3n) is 5.24. The van der Waals surface area contributed by atoms with Crippen molar-refractivity contribution in [2.24, 2.45) is 0 Å². The van der Waals surface area contributed by atoms with Gasteiger partial charge in [-0.05, 0) is 41.9 Å². The van der Waals surface area contributed by atoms with Gasteiger partial charge in [0, 0.05) is 27.7 Å². The minimum atomic E-state index is -0.784. The Hall–Kier alpha value is -2.72. The van der Waals surface area contributed by atoms with Gasteiger partial charge in [0.25, 0.3) is 0 Å². The number of hydrogen-bond donors (Lipinski definition) is 1. The Morgan fingerprint density at radius 2 is 1.79 bits per heavy atom. The summed E-state index contributed by atoms with van der Waals surface area (Å²) in [7, 11) is 0. The number of carboxylic acid groups (broad SMARTS) is 1. The van der Waals surface area contributed by atoms with Crippen LogP contribution in [0.25, 0.3) is 21.8 Å². The molecule has 0 radical (unpaired) electrons. The molecule has 29 heavy (non-hydrogen) atoms. The molecule has 148 valence electrons. The molecule has 0 aliphatic rings. The minimum Gasteiger partial charge on any atom is -0.481 e. The summed E-state index contributed by atoms with van der Waals surface area (Å²) in [6, 6.07) is 21.0. The number of aliphatic carboxylic acids is 1. The summed E-state index contributed by atoms with van der Waals surface area (Å²) in [4.78, 5) is 12.7. The maximum Gasteiger partial charge on any atom is 0.307 e. The molecule has 4 rings (SSSR count). The lowest BCUT2D eigenvalue weighted by molar-refractivity contribution is -0.136. The summed E-state index contributed by atoms with van der Waals surface area (Å²) in [5.74, 6) is 0.185. The Bertz CT molecular complexity index is 1180. The SMILES string of the molecule is CCCSc1c(CC(=O)O)cc(C)c2c3ccccc3n(Cc3ccccc3)c12. The summed E-state index contributed by atoms with van der Waals surface area (Å²) >= 11 is 1.78. The molecule has 0 amide bonds. The molecule has 0 spiro atoms. The molecule has 0 atom stereocenters. The number of fused-ring (bicyclic) bond motifs is 3. The van der Waals surface area contributed by atoms with E-state index >= 15 is 0 Å². The second-order valence-corrected chi connectivity index (χ2v) is 8.52. The highest BCUT2D eigenvalue weighted by molar-refractivity contribution is 7.99. The average molecular weight is 404 g/mol. The number of para-hydroxylation sites is 1. The smallest absolute Gasteiger partial charge is 0.307 e. The predicted octanol–water partition coefficient (Wildman–Crippen LogP) is 6.28. The molecule has 1 aromatic heterocycles. The Kier molecular flexibility index (Phi) is 5.63. The van der Waals surface area contributed by atoms with E-state index in [4.69, 9.17) is 0 Å². The van der Waals surface area contributed by atoms with Gasteiger partial charge >= 0.3 is 5.97 Å². The molecule has 1 N–H and O–H groups in total. The number of aryl methyl sites for hydroxylation is 1.